The topological polar surface area (TPSA) is 60.2 Å². The molecule has 0 heterocycles. The summed E-state index contributed by atoms with van der Waals surface area (Å²) in [6, 6.07) is 7.53. The van der Waals surface area contributed by atoms with E-state index in [-0.39, 0.29) is 17.4 Å². The van der Waals surface area contributed by atoms with Gasteiger partial charge in [-0.25, -0.2) is 8.42 Å². The van der Waals surface area contributed by atoms with Gasteiger partial charge in [0.25, 0.3) is 0 Å². The van der Waals surface area contributed by atoms with Gasteiger partial charge < -0.3 is 5.73 Å². The maximum Gasteiger partial charge on any atom is 0.152 e. The number of hydrogen-bond acceptors (Lipinski definition) is 3. The van der Waals surface area contributed by atoms with E-state index in [1.165, 1.54) is 5.56 Å². The van der Waals surface area contributed by atoms with Crippen LogP contribution in [0.3, 0.4) is 0 Å². The van der Waals surface area contributed by atoms with Crippen molar-refractivity contribution in [2.24, 2.45) is 11.7 Å². The van der Waals surface area contributed by atoms with Crippen LogP contribution in [0.15, 0.2) is 24.3 Å². The lowest BCUT2D eigenvalue weighted by atomic mass is 10.0. The molecule has 1 aromatic rings. The fourth-order valence-electron chi connectivity index (χ4n) is 2.17. The van der Waals surface area contributed by atoms with Crippen molar-refractivity contribution in [2.45, 2.75) is 39.7 Å². The Kier molecular flexibility index (Phi) is 6.01. The average molecular weight is 283 g/mol. The monoisotopic (exact) mass is 283 g/mol. The lowest BCUT2D eigenvalue weighted by Crippen LogP contribution is -2.25. The molecule has 0 amide bonds. The molecule has 0 saturated carbocycles. The van der Waals surface area contributed by atoms with Crippen LogP contribution in [0.25, 0.3) is 0 Å². The van der Waals surface area contributed by atoms with Crippen LogP contribution in [-0.4, -0.2) is 19.9 Å². The Morgan fingerprint density at radius 3 is 2.16 bits per heavy atom. The van der Waals surface area contributed by atoms with Crippen LogP contribution in [0.4, 0.5) is 0 Å². The van der Waals surface area contributed by atoms with Crippen LogP contribution in [0, 0.1) is 5.92 Å². The van der Waals surface area contributed by atoms with E-state index in [4.69, 9.17) is 5.73 Å². The van der Waals surface area contributed by atoms with Gasteiger partial charge in [-0.15, -0.1) is 0 Å². The summed E-state index contributed by atoms with van der Waals surface area (Å²) < 4.78 is 23.8. The summed E-state index contributed by atoms with van der Waals surface area (Å²) in [5.74, 6) is 0.372. The Bertz CT molecular complexity index is 477. The molecule has 4 heteroatoms. The minimum absolute atomic E-state index is 0.0261. The Morgan fingerprint density at radius 2 is 1.68 bits per heavy atom. The number of hydrogen-bond donors (Lipinski definition) is 1. The van der Waals surface area contributed by atoms with E-state index in [1.54, 1.807) is 0 Å². The lowest BCUT2D eigenvalue weighted by molar-refractivity contribution is 0.575. The second-order valence-electron chi connectivity index (χ2n) is 5.57. The standard InChI is InChI=1S/C15H25NO2S/c1-4-5-13-6-8-14(9-7-13)15(16)11-19(17,18)10-12(2)3/h6-9,12,15H,4-5,10-11,16H2,1-3H3. The summed E-state index contributed by atoms with van der Waals surface area (Å²) in [5, 5.41) is 0. The highest BCUT2D eigenvalue weighted by Gasteiger charge is 2.18. The molecule has 0 radical (unpaired) electrons. The summed E-state index contributed by atoms with van der Waals surface area (Å²) in [5.41, 5.74) is 8.16. The van der Waals surface area contributed by atoms with Crippen LogP contribution < -0.4 is 5.73 Å². The summed E-state index contributed by atoms with van der Waals surface area (Å²) in [6.07, 6.45) is 2.15. The Hall–Kier alpha value is -0.870. The van der Waals surface area contributed by atoms with Gasteiger partial charge in [0.15, 0.2) is 9.84 Å². The predicted octanol–water partition coefficient (Wildman–Crippen LogP) is 2.71. The van der Waals surface area contributed by atoms with Gasteiger partial charge in [0.1, 0.15) is 0 Å². The fraction of sp³-hybridized carbons (Fsp3) is 0.600. The first-order chi connectivity index (χ1) is 8.84. The van der Waals surface area contributed by atoms with Crippen molar-refractivity contribution < 1.29 is 8.42 Å². The fourth-order valence-corrected chi connectivity index (χ4v) is 4.06. The number of aryl methyl sites for hydroxylation is 1. The molecule has 0 fully saturated rings. The molecule has 0 aliphatic heterocycles. The van der Waals surface area contributed by atoms with Crippen LogP contribution in [-0.2, 0) is 16.3 Å². The van der Waals surface area contributed by atoms with Crippen LogP contribution in [0.1, 0.15) is 44.4 Å². The summed E-state index contributed by atoms with van der Waals surface area (Å²) in [7, 11) is -3.07. The van der Waals surface area contributed by atoms with E-state index in [9.17, 15) is 8.42 Å². The molecule has 1 atom stereocenters. The van der Waals surface area contributed by atoms with E-state index in [0.717, 1.165) is 18.4 Å². The second-order valence-corrected chi connectivity index (χ2v) is 7.72. The van der Waals surface area contributed by atoms with E-state index in [0.29, 0.717) is 0 Å². The number of sulfone groups is 1. The Balaban J connectivity index is 2.70. The molecular weight excluding hydrogens is 258 g/mol. The first kappa shape index (κ1) is 16.2. The van der Waals surface area contributed by atoms with Gasteiger partial charge in [0.05, 0.1) is 11.5 Å². The van der Waals surface area contributed by atoms with Crippen molar-refractivity contribution in [2.75, 3.05) is 11.5 Å². The SMILES string of the molecule is CCCc1ccc(C(N)CS(=O)(=O)CC(C)C)cc1. The molecule has 3 nitrogen and oxygen atoms in total. The van der Waals surface area contributed by atoms with Crippen molar-refractivity contribution in [3.8, 4) is 0 Å². The molecule has 0 aliphatic rings. The predicted molar refractivity (Wildman–Crippen MR) is 80.9 cm³/mol. The van der Waals surface area contributed by atoms with E-state index in [2.05, 4.69) is 6.92 Å². The van der Waals surface area contributed by atoms with Crippen LogP contribution in [0.5, 0.6) is 0 Å². The van der Waals surface area contributed by atoms with Crippen molar-refractivity contribution in [3.05, 3.63) is 35.4 Å². The summed E-state index contributed by atoms with van der Waals surface area (Å²) >= 11 is 0. The molecule has 0 aromatic heterocycles. The van der Waals surface area contributed by atoms with Crippen molar-refractivity contribution in [3.63, 3.8) is 0 Å². The van der Waals surface area contributed by atoms with E-state index in [1.807, 2.05) is 38.1 Å². The molecule has 1 unspecified atom stereocenters. The Labute approximate surface area is 117 Å². The molecule has 1 aromatic carbocycles. The average Bonchev–Trinajstić information content (AvgIpc) is 2.27. The highest BCUT2D eigenvalue weighted by Crippen LogP contribution is 2.16. The first-order valence-electron chi connectivity index (χ1n) is 6.89. The molecule has 0 bridgehead atoms. The molecule has 0 aliphatic carbocycles. The van der Waals surface area contributed by atoms with Gasteiger partial charge in [-0.05, 0) is 23.5 Å². The molecule has 1 rings (SSSR count). The maximum absolute atomic E-state index is 11.9. The highest BCUT2D eigenvalue weighted by molar-refractivity contribution is 7.91. The first-order valence-corrected chi connectivity index (χ1v) is 8.71. The van der Waals surface area contributed by atoms with E-state index >= 15 is 0 Å². The van der Waals surface area contributed by atoms with Gasteiger partial charge in [-0.1, -0.05) is 51.5 Å². The number of rotatable bonds is 7. The van der Waals surface area contributed by atoms with Crippen molar-refractivity contribution in [1.29, 1.82) is 0 Å². The molecule has 0 saturated heterocycles. The van der Waals surface area contributed by atoms with Crippen LogP contribution in [0.2, 0.25) is 0 Å². The number of benzene rings is 1. The third-order valence-electron chi connectivity index (χ3n) is 2.97. The quantitative estimate of drug-likeness (QED) is 0.837. The van der Waals surface area contributed by atoms with Gasteiger partial charge >= 0.3 is 0 Å². The zero-order chi connectivity index (χ0) is 14.5. The van der Waals surface area contributed by atoms with Crippen LogP contribution >= 0.6 is 0 Å². The van der Waals surface area contributed by atoms with Crippen molar-refractivity contribution >= 4 is 9.84 Å². The summed E-state index contributed by atoms with van der Waals surface area (Å²) in [4.78, 5) is 0. The molecular formula is C15H25NO2S. The zero-order valence-electron chi connectivity index (χ0n) is 12.1. The maximum atomic E-state index is 11.9. The van der Waals surface area contributed by atoms with Gasteiger partial charge in [0, 0.05) is 6.04 Å². The number of nitrogens with two attached hydrogens (primary N) is 1. The Morgan fingerprint density at radius 1 is 1.11 bits per heavy atom. The third kappa shape index (κ3) is 5.74. The minimum Gasteiger partial charge on any atom is -0.323 e. The largest absolute Gasteiger partial charge is 0.323 e. The van der Waals surface area contributed by atoms with Gasteiger partial charge in [-0.2, -0.15) is 0 Å². The normalized spacial score (nSPS) is 13.7. The highest BCUT2D eigenvalue weighted by atomic mass is 32.2. The zero-order valence-corrected chi connectivity index (χ0v) is 12.9. The molecule has 0 spiro atoms. The third-order valence-corrected chi connectivity index (χ3v) is 5.01. The van der Waals surface area contributed by atoms with E-state index < -0.39 is 15.9 Å². The minimum atomic E-state index is -3.07. The van der Waals surface area contributed by atoms with Crippen molar-refractivity contribution in [1.82, 2.24) is 0 Å². The second kappa shape index (κ2) is 7.06. The van der Waals surface area contributed by atoms with Gasteiger partial charge in [-0.3, -0.25) is 0 Å². The molecule has 108 valence electrons. The molecule has 2 N–H and O–H groups in total. The summed E-state index contributed by atoms with van der Waals surface area (Å²) in [6.45, 7) is 5.95. The van der Waals surface area contributed by atoms with Gasteiger partial charge in [0.2, 0.25) is 0 Å². The smallest absolute Gasteiger partial charge is 0.152 e. The molecule has 19 heavy (non-hydrogen) atoms. The lowest BCUT2D eigenvalue weighted by Gasteiger charge is -2.14.